The number of aryl methyl sites for hydroxylation is 2. The minimum atomic E-state index is -0.267. The molecular weight excluding hydrogens is 351 g/mol. The molecule has 0 atom stereocenters. The quantitative estimate of drug-likeness (QED) is 0.642. The lowest BCUT2D eigenvalue weighted by Crippen LogP contribution is -2.36. The van der Waals surface area contributed by atoms with E-state index < -0.39 is 0 Å². The zero-order valence-corrected chi connectivity index (χ0v) is 14.3. The number of benzene rings is 1. The Hall–Kier alpha value is -1.89. The minimum Gasteiger partial charge on any atom is -0.444 e. The molecule has 0 radical (unpaired) electrons. The fourth-order valence-electron chi connectivity index (χ4n) is 1.84. The Bertz CT molecular complexity index is 665. The first-order valence-electron chi connectivity index (χ1n) is 6.81. The van der Waals surface area contributed by atoms with Gasteiger partial charge in [-0.2, -0.15) is 0 Å². The number of nitrogens with zero attached hydrogens (tertiary/aromatic N) is 2. The van der Waals surface area contributed by atoms with E-state index in [-0.39, 0.29) is 5.82 Å². The predicted octanol–water partition coefficient (Wildman–Crippen LogP) is 3.06. The number of aromatic nitrogens is 1. The van der Waals surface area contributed by atoms with E-state index in [0.29, 0.717) is 35.0 Å². The molecule has 1 aromatic carbocycles. The van der Waals surface area contributed by atoms with Gasteiger partial charge in [-0.05, 0) is 26.0 Å². The first-order valence-corrected chi connectivity index (χ1v) is 7.60. The van der Waals surface area contributed by atoms with Crippen LogP contribution in [-0.4, -0.2) is 18.0 Å². The molecular formula is C15H18BrFN4O. The molecule has 0 aliphatic rings. The topological polar surface area (TPSA) is 62.5 Å². The molecule has 1 aromatic heterocycles. The molecule has 0 saturated carbocycles. The molecule has 5 nitrogen and oxygen atoms in total. The summed E-state index contributed by atoms with van der Waals surface area (Å²) in [5.74, 6) is 1.68. The average molecular weight is 369 g/mol. The maximum Gasteiger partial charge on any atom is 0.214 e. The van der Waals surface area contributed by atoms with E-state index in [2.05, 4.69) is 36.5 Å². The smallest absolute Gasteiger partial charge is 0.214 e. The molecule has 0 amide bonds. The van der Waals surface area contributed by atoms with Gasteiger partial charge >= 0.3 is 0 Å². The van der Waals surface area contributed by atoms with Gasteiger partial charge in [0.15, 0.2) is 5.96 Å². The summed E-state index contributed by atoms with van der Waals surface area (Å²) in [5.41, 5.74) is 1.44. The molecule has 22 heavy (non-hydrogen) atoms. The second-order valence-electron chi connectivity index (χ2n) is 4.76. The number of nitrogens with one attached hydrogen (secondary N) is 2. The van der Waals surface area contributed by atoms with Crippen molar-refractivity contribution in [1.82, 2.24) is 15.6 Å². The molecule has 2 rings (SSSR count). The van der Waals surface area contributed by atoms with Gasteiger partial charge in [-0.1, -0.05) is 22.0 Å². The number of guanidine groups is 1. The van der Waals surface area contributed by atoms with Gasteiger partial charge in [-0.3, -0.25) is 4.99 Å². The van der Waals surface area contributed by atoms with Crippen LogP contribution in [0, 0.1) is 19.7 Å². The first-order chi connectivity index (χ1) is 10.5. The first kappa shape index (κ1) is 16.5. The molecule has 7 heteroatoms. The highest BCUT2D eigenvalue weighted by Crippen LogP contribution is 2.15. The van der Waals surface area contributed by atoms with Crippen LogP contribution >= 0.6 is 15.9 Å². The summed E-state index contributed by atoms with van der Waals surface area (Å²) in [7, 11) is 1.65. The highest BCUT2D eigenvalue weighted by Gasteiger charge is 2.07. The van der Waals surface area contributed by atoms with Gasteiger partial charge in [-0.15, -0.1) is 0 Å². The van der Waals surface area contributed by atoms with Gasteiger partial charge in [0.25, 0.3) is 0 Å². The number of halogens is 2. The highest BCUT2D eigenvalue weighted by molar-refractivity contribution is 9.10. The third-order valence-electron chi connectivity index (χ3n) is 3.16. The van der Waals surface area contributed by atoms with Crippen LogP contribution < -0.4 is 10.6 Å². The number of aliphatic imine (C=N–C) groups is 1. The van der Waals surface area contributed by atoms with Gasteiger partial charge in [0, 0.05) is 23.6 Å². The van der Waals surface area contributed by atoms with Crippen LogP contribution in [0.2, 0.25) is 0 Å². The zero-order valence-electron chi connectivity index (χ0n) is 12.7. The zero-order chi connectivity index (χ0) is 16.1. The summed E-state index contributed by atoms with van der Waals surface area (Å²) in [5, 5.41) is 6.13. The van der Waals surface area contributed by atoms with Crippen LogP contribution in [0.4, 0.5) is 4.39 Å². The molecule has 0 aliphatic heterocycles. The van der Waals surface area contributed by atoms with E-state index in [9.17, 15) is 4.39 Å². The lowest BCUT2D eigenvalue weighted by atomic mass is 10.2. The lowest BCUT2D eigenvalue weighted by Gasteiger charge is -2.11. The summed E-state index contributed by atoms with van der Waals surface area (Å²) in [6, 6.07) is 4.96. The molecule has 0 aliphatic carbocycles. The van der Waals surface area contributed by atoms with Gasteiger partial charge in [0.05, 0.1) is 12.2 Å². The largest absolute Gasteiger partial charge is 0.444 e. The van der Waals surface area contributed by atoms with Gasteiger partial charge in [0.2, 0.25) is 5.89 Å². The highest BCUT2D eigenvalue weighted by atomic mass is 79.9. The Morgan fingerprint density at radius 2 is 2.05 bits per heavy atom. The Morgan fingerprint density at radius 3 is 2.64 bits per heavy atom. The number of hydrogen-bond acceptors (Lipinski definition) is 3. The van der Waals surface area contributed by atoms with Crippen LogP contribution in [-0.2, 0) is 13.1 Å². The summed E-state index contributed by atoms with van der Waals surface area (Å²) in [6.45, 7) is 4.51. The summed E-state index contributed by atoms with van der Waals surface area (Å²) in [6.07, 6.45) is 0. The maximum absolute atomic E-state index is 13.7. The van der Waals surface area contributed by atoms with E-state index in [0.717, 1.165) is 11.5 Å². The van der Waals surface area contributed by atoms with Crippen molar-refractivity contribution in [3.8, 4) is 0 Å². The van der Waals surface area contributed by atoms with Gasteiger partial charge in [-0.25, -0.2) is 9.37 Å². The Balaban J connectivity index is 1.90. The number of oxazole rings is 1. The third kappa shape index (κ3) is 4.30. The van der Waals surface area contributed by atoms with Crippen molar-refractivity contribution in [1.29, 1.82) is 0 Å². The van der Waals surface area contributed by atoms with E-state index in [1.165, 1.54) is 6.07 Å². The standard InChI is InChI=1S/C15H18BrFN4O/c1-9-10(2)22-14(21-9)8-20-15(18-3)19-7-11-4-5-12(16)6-13(11)17/h4-6H,7-8H2,1-3H3,(H2,18,19,20). The SMILES string of the molecule is CN=C(NCc1nc(C)c(C)o1)NCc1ccc(Br)cc1F. The van der Waals surface area contributed by atoms with E-state index in [1.807, 2.05) is 13.8 Å². The fraction of sp³-hybridized carbons (Fsp3) is 0.333. The average Bonchev–Trinajstić information content (AvgIpc) is 2.79. The molecule has 0 fully saturated rings. The molecule has 2 N–H and O–H groups in total. The van der Waals surface area contributed by atoms with Crippen molar-refractivity contribution in [3.05, 3.63) is 51.4 Å². The van der Waals surface area contributed by atoms with E-state index >= 15 is 0 Å². The van der Waals surface area contributed by atoms with E-state index in [1.54, 1.807) is 19.2 Å². The Labute approximate surface area is 137 Å². The fourth-order valence-corrected chi connectivity index (χ4v) is 2.17. The lowest BCUT2D eigenvalue weighted by molar-refractivity contribution is 0.463. The summed E-state index contributed by atoms with van der Waals surface area (Å²) < 4.78 is 19.9. The van der Waals surface area contributed by atoms with Crippen molar-refractivity contribution in [3.63, 3.8) is 0 Å². The Kier molecular flexibility index (Phi) is 5.54. The second kappa shape index (κ2) is 7.40. The monoisotopic (exact) mass is 368 g/mol. The molecule has 118 valence electrons. The normalized spacial score (nSPS) is 11.6. The van der Waals surface area contributed by atoms with Crippen molar-refractivity contribution in [2.75, 3.05) is 7.05 Å². The van der Waals surface area contributed by atoms with Crippen molar-refractivity contribution in [2.24, 2.45) is 4.99 Å². The molecule has 0 saturated heterocycles. The van der Waals surface area contributed by atoms with Crippen LogP contribution in [0.25, 0.3) is 0 Å². The molecule has 0 bridgehead atoms. The van der Waals surface area contributed by atoms with Crippen LogP contribution in [0.15, 0.2) is 32.1 Å². The Morgan fingerprint density at radius 1 is 1.32 bits per heavy atom. The molecule has 0 unspecified atom stereocenters. The van der Waals surface area contributed by atoms with Crippen LogP contribution in [0.5, 0.6) is 0 Å². The summed E-state index contributed by atoms with van der Waals surface area (Å²) in [4.78, 5) is 8.37. The predicted molar refractivity (Wildman–Crippen MR) is 87.1 cm³/mol. The van der Waals surface area contributed by atoms with Crippen molar-refractivity contribution >= 4 is 21.9 Å². The third-order valence-corrected chi connectivity index (χ3v) is 3.66. The summed E-state index contributed by atoms with van der Waals surface area (Å²) >= 11 is 3.23. The van der Waals surface area contributed by atoms with Crippen molar-refractivity contribution < 1.29 is 8.81 Å². The van der Waals surface area contributed by atoms with Gasteiger partial charge < -0.3 is 15.1 Å². The molecule has 2 aromatic rings. The second-order valence-corrected chi connectivity index (χ2v) is 5.68. The number of hydrogen-bond donors (Lipinski definition) is 2. The molecule has 1 heterocycles. The minimum absolute atomic E-state index is 0.267. The van der Waals surface area contributed by atoms with Crippen LogP contribution in [0.3, 0.4) is 0 Å². The number of rotatable bonds is 4. The van der Waals surface area contributed by atoms with Crippen molar-refractivity contribution in [2.45, 2.75) is 26.9 Å². The van der Waals surface area contributed by atoms with E-state index in [4.69, 9.17) is 4.42 Å². The maximum atomic E-state index is 13.7. The van der Waals surface area contributed by atoms with Gasteiger partial charge in [0.1, 0.15) is 11.6 Å². The van der Waals surface area contributed by atoms with Crippen LogP contribution in [0.1, 0.15) is 22.9 Å². The molecule has 0 spiro atoms.